The number of pyridine rings is 1. The molecule has 2 heterocycles. The lowest BCUT2D eigenvalue weighted by molar-refractivity contribution is 0.756. The first kappa shape index (κ1) is 13.9. The van der Waals surface area contributed by atoms with Gasteiger partial charge in [-0.25, -0.2) is 0 Å². The second kappa shape index (κ2) is 5.07. The first-order valence-electron chi connectivity index (χ1n) is 7.05. The largest absolute Gasteiger partial charge is 0.300 e. The van der Waals surface area contributed by atoms with Crippen molar-refractivity contribution in [1.29, 1.82) is 0 Å². The minimum atomic E-state index is 0.652. The van der Waals surface area contributed by atoms with Gasteiger partial charge in [-0.3, -0.25) is 10.1 Å². The van der Waals surface area contributed by atoms with Gasteiger partial charge in [-0.1, -0.05) is 11.6 Å². The Balaban J connectivity index is 2.44. The van der Waals surface area contributed by atoms with Crippen LogP contribution in [0.2, 0.25) is 0 Å². The van der Waals surface area contributed by atoms with E-state index in [2.05, 4.69) is 49.2 Å². The molecule has 21 heavy (non-hydrogen) atoms. The van der Waals surface area contributed by atoms with Crippen molar-refractivity contribution < 1.29 is 0 Å². The molecule has 0 aliphatic carbocycles. The summed E-state index contributed by atoms with van der Waals surface area (Å²) in [6.07, 6.45) is 0. The number of fused-ring (bicyclic) bond motifs is 1. The van der Waals surface area contributed by atoms with Crippen LogP contribution in [0.4, 0.5) is 0 Å². The molecular formula is C16H18N4S. The van der Waals surface area contributed by atoms with E-state index in [9.17, 15) is 0 Å². The molecule has 1 N–H and O–H groups in total. The standard InChI is InChI=1S/C16H18N4S/c1-5-20-15(18-19-16(20)21)13-8-11(4)17-14-10(3)6-9(2)7-12(13)14/h6-8H,5H2,1-4H3,(H,19,21). The summed E-state index contributed by atoms with van der Waals surface area (Å²) < 4.78 is 2.67. The highest BCUT2D eigenvalue weighted by atomic mass is 32.1. The summed E-state index contributed by atoms with van der Waals surface area (Å²) >= 11 is 5.31. The Morgan fingerprint density at radius 3 is 2.67 bits per heavy atom. The van der Waals surface area contributed by atoms with Gasteiger partial charge >= 0.3 is 0 Å². The lowest BCUT2D eigenvalue weighted by atomic mass is 10.0. The Morgan fingerprint density at radius 2 is 1.95 bits per heavy atom. The highest BCUT2D eigenvalue weighted by molar-refractivity contribution is 7.71. The predicted molar refractivity (Wildman–Crippen MR) is 88.0 cm³/mol. The SMILES string of the molecule is CCn1c(-c2cc(C)nc3c(C)cc(C)cc23)n[nH]c1=S. The molecule has 0 fully saturated rings. The van der Waals surface area contributed by atoms with Crippen LogP contribution in [0.15, 0.2) is 18.2 Å². The number of nitrogens with one attached hydrogen (secondary N) is 1. The molecule has 0 aliphatic rings. The van der Waals surface area contributed by atoms with Crippen molar-refractivity contribution >= 4 is 23.1 Å². The summed E-state index contributed by atoms with van der Waals surface area (Å²) in [6, 6.07) is 6.41. The van der Waals surface area contributed by atoms with Crippen molar-refractivity contribution in [3.8, 4) is 11.4 Å². The van der Waals surface area contributed by atoms with Gasteiger partial charge in [0.1, 0.15) is 0 Å². The zero-order valence-electron chi connectivity index (χ0n) is 12.7. The van der Waals surface area contributed by atoms with Gasteiger partial charge in [0.25, 0.3) is 0 Å². The summed E-state index contributed by atoms with van der Waals surface area (Å²) in [5.74, 6) is 0.878. The van der Waals surface area contributed by atoms with E-state index >= 15 is 0 Å². The number of H-pyrrole nitrogens is 1. The number of hydrogen-bond donors (Lipinski definition) is 1. The van der Waals surface area contributed by atoms with Crippen molar-refractivity contribution in [1.82, 2.24) is 19.7 Å². The third-order valence-electron chi connectivity index (χ3n) is 3.69. The smallest absolute Gasteiger partial charge is 0.195 e. The third kappa shape index (κ3) is 2.27. The van der Waals surface area contributed by atoms with Crippen LogP contribution in [0.3, 0.4) is 0 Å². The van der Waals surface area contributed by atoms with E-state index in [0.29, 0.717) is 4.77 Å². The van der Waals surface area contributed by atoms with E-state index in [-0.39, 0.29) is 0 Å². The van der Waals surface area contributed by atoms with E-state index in [4.69, 9.17) is 17.2 Å². The quantitative estimate of drug-likeness (QED) is 0.724. The summed E-state index contributed by atoms with van der Waals surface area (Å²) in [6.45, 7) is 9.08. The Labute approximate surface area is 128 Å². The van der Waals surface area contributed by atoms with Crippen LogP contribution in [0.25, 0.3) is 22.3 Å². The monoisotopic (exact) mass is 298 g/mol. The van der Waals surface area contributed by atoms with Crippen molar-refractivity contribution in [2.24, 2.45) is 0 Å². The highest BCUT2D eigenvalue weighted by Crippen LogP contribution is 2.30. The molecule has 0 amide bonds. The average molecular weight is 298 g/mol. The fourth-order valence-electron chi connectivity index (χ4n) is 2.81. The lowest BCUT2D eigenvalue weighted by Crippen LogP contribution is -2.00. The maximum absolute atomic E-state index is 5.31. The third-order valence-corrected chi connectivity index (χ3v) is 4.00. The number of rotatable bonds is 2. The van der Waals surface area contributed by atoms with Crippen LogP contribution in [0.1, 0.15) is 23.7 Å². The number of nitrogens with zero attached hydrogens (tertiary/aromatic N) is 3. The molecule has 0 saturated carbocycles. The van der Waals surface area contributed by atoms with Gasteiger partial charge in [0.05, 0.1) is 5.52 Å². The highest BCUT2D eigenvalue weighted by Gasteiger charge is 2.14. The van der Waals surface area contributed by atoms with Crippen LogP contribution in [-0.4, -0.2) is 19.7 Å². The van der Waals surface area contributed by atoms with Crippen LogP contribution in [0, 0.1) is 25.5 Å². The Bertz CT molecular complexity index is 889. The topological polar surface area (TPSA) is 46.5 Å². The van der Waals surface area contributed by atoms with Gasteiger partial charge in [-0.05, 0) is 57.6 Å². The summed E-state index contributed by atoms with van der Waals surface area (Å²) in [5.41, 5.74) is 5.52. The van der Waals surface area contributed by atoms with Crippen molar-refractivity contribution in [2.75, 3.05) is 0 Å². The number of aromatic nitrogens is 4. The van der Waals surface area contributed by atoms with Gasteiger partial charge < -0.3 is 4.57 Å². The van der Waals surface area contributed by atoms with Gasteiger partial charge in [-0.15, -0.1) is 0 Å². The summed E-state index contributed by atoms with van der Waals surface area (Å²) in [4.78, 5) is 4.69. The molecule has 0 spiro atoms. The van der Waals surface area contributed by atoms with Crippen LogP contribution in [0.5, 0.6) is 0 Å². The zero-order chi connectivity index (χ0) is 15.1. The Kier molecular flexibility index (Phi) is 3.37. The second-order valence-corrected chi connectivity index (χ2v) is 5.77. The molecule has 0 radical (unpaired) electrons. The molecule has 0 saturated heterocycles. The molecule has 3 rings (SSSR count). The van der Waals surface area contributed by atoms with Gasteiger partial charge in [0.15, 0.2) is 10.6 Å². The zero-order valence-corrected chi connectivity index (χ0v) is 13.5. The van der Waals surface area contributed by atoms with Gasteiger partial charge in [0, 0.05) is 23.2 Å². The molecule has 0 unspecified atom stereocenters. The number of benzene rings is 1. The van der Waals surface area contributed by atoms with Crippen LogP contribution in [-0.2, 0) is 6.54 Å². The summed E-state index contributed by atoms with van der Waals surface area (Å²) in [7, 11) is 0. The van der Waals surface area contributed by atoms with Crippen molar-refractivity contribution in [2.45, 2.75) is 34.2 Å². The molecule has 4 nitrogen and oxygen atoms in total. The molecule has 0 bridgehead atoms. The Morgan fingerprint density at radius 1 is 1.19 bits per heavy atom. The normalized spacial score (nSPS) is 11.2. The fourth-order valence-corrected chi connectivity index (χ4v) is 3.07. The van der Waals surface area contributed by atoms with Gasteiger partial charge in [-0.2, -0.15) is 5.10 Å². The molecular weight excluding hydrogens is 280 g/mol. The summed E-state index contributed by atoms with van der Waals surface area (Å²) in [5, 5.41) is 8.45. The maximum Gasteiger partial charge on any atom is 0.195 e. The van der Waals surface area contributed by atoms with E-state index in [1.807, 2.05) is 11.5 Å². The minimum absolute atomic E-state index is 0.652. The molecule has 0 aliphatic heterocycles. The average Bonchev–Trinajstić information content (AvgIpc) is 2.80. The molecule has 1 aromatic carbocycles. The van der Waals surface area contributed by atoms with E-state index in [0.717, 1.165) is 34.5 Å². The van der Waals surface area contributed by atoms with E-state index in [1.54, 1.807) is 0 Å². The predicted octanol–water partition coefficient (Wildman–Crippen LogP) is 4.10. The molecule has 5 heteroatoms. The van der Waals surface area contributed by atoms with Crippen LogP contribution >= 0.6 is 12.2 Å². The Hall–Kier alpha value is -2.01. The van der Waals surface area contributed by atoms with Crippen molar-refractivity contribution in [3.63, 3.8) is 0 Å². The minimum Gasteiger partial charge on any atom is -0.300 e. The lowest BCUT2D eigenvalue weighted by Gasteiger charge is -2.11. The van der Waals surface area contributed by atoms with Crippen LogP contribution < -0.4 is 0 Å². The first-order chi connectivity index (χ1) is 10.0. The molecule has 2 aromatic heterocycles. The van der Waals surface area contributed by atoms with E-state index in [1.165, 1.54) is 11.1 Å². The fraction of sp³-hybridized carbons (Fsp3) is 0.312. The second-order valence-electron chi connectivity index (χ2n) is 5.39. The number of aromatic amines is 1. The molecule has 108 valence electrons. The van der Waals surface area contributed by atoms with Gasteiger partial charge in [0.2, 0.25) is 0 Å². The first-order valence-corrected chi connectivity index (χ1v) is 7.46. The van der Waals surface area contributed by atoms with E-state index < -0.39 is 0 Å². The number of hydrogen-bond acceptors (Lipinski definition) is 3. The van der Waals surface area contributed by atoms with Crippen molar-refractivity contribution in [3.05, 3.63) is 39.8 Å². The number of aryl methyl sites for hydroxylation is 3. The molecule has 3 aromatic rings. The molecule has 0 atom stereocenters. The maximum atomic E-state index is 5.31.